The number of hydrogen-bond acceptors (Lipinski definition) is 3. The molecule has 1 aromatic heterocycles. The van der Waals surface area contributed by atoms with Crippen molar-refractivity contribution in [2.75, 3.05) is 6.61 Å². The number of ether oxygens (including phenoxy) is 1. The number of fused-ring (bicyclic) bond motifs is 1. The van der Waals surface area contributed by atoms with Gasteiger partial charge >= 0.3 is 0 Å². The monoisotopic (exact) mass is 313 g/mol. The van der Waals surface area contributed by atoms with Crippen molar-refractivity contribution in [3.8, 4) is 5.75 Å². The molecule has 0 aliphatic rings. The fourth-order valence-corrected chi connectivity index (χ4v) is 2.20. The Kier molecular flexibility index (Phi) is 4.23. The van der Waals surface area contributed by atoms with E-state index in [0.717, 1.165) is 16.6 Å². The van der Waals surface area contributed by atoms with Crippen LogP contribution in [0, 0.1) is 12.7 Å². The maximum absolute atomic E-state index is 13.4. The number of amides is 1. The second-order valence-electron chi connectivity index (χ2n) is 5.20. The molecule has 5 nitrogen and oxygen atoms in total. The van der Waals surface area contributed by atoms with Gasteiger partial charge in [-0.15, -0.1) is 0 Å². The summed E-state index contributed by atoms with van der Waals surface area (Å²) in [5.41, 5.74) is 2.91. The summed E-state index contributed by atoms with van der Waals surface area (Å²) >= 11 is 0. The summed E-state index contributed by atoms with van der Waals surface area (Å²) in [6.45, 7) is 2.01. The molecule has 118 valence electrons. The highest BCUT2D eigenvalue weighted by Crippen LogP contribution is 2.15. The molecule has 0 unspecified atom stereocenters. The number of nitrogens with one attached hydrogen (secondary N) is 2. The van der Waals surface area contributed by atoms with Gasteiger partial charge in [0.25, 0.3) is 5.91 Å². The van der Waals surface area contributed by atoms with Crippen molar-refractivity contribution in [1.82, 2.24) is 15.3 Å². The number of halogens is 1. The summed E-state index contributed by atoms with van der Waals surface area (Å²) in [5.74, 6) is -0.121. The van der Waals surface area contributed by atoms with E-state index < -0.39 is 5.82 Å². The first-order chi connectivity index (χ1) is 11.1. The average molecular weight is 313 g/mol. The number of aromatic nitrogens is 2. The summed E-state index contributed by atoms with van der Waals surface area (Å²) in [6, 6.07) is 11.9. The number of carbonyl (C=O) groups excluding carboxylic acids is 1. The standard InChI is InChI=1S/C17H16FN3O2/c1-11-6-7-13-14(8-11)21-16(20-13)9-19-17(22)10-23-15-5-3-2-4-12(15)18/h2-8H,9-10H2,1H3,(H,19,22)(H,20,21). The van der Waals surface area contributed by atoms with Crippen LogP contribution < -0.4 is 10.1 Å². The molecule has 0 saturated carbocycles. The zero-order valence-electron chi connectivity index (χ0n) is 12.6. The molecule has 0 bridgehead atoms. The minimum absolute atomic E-state index is 0.0573. The van der Waals surface area contributed by atoms with Gasteiger partial charge in [-0.05, 0) is 36.8 Å². The Morgan fingerprint density at radius 2 is 2.13 bits per heavy atom. The highest BCUT2D eigenvalue weighted by molar-refractivity contribution is 5.78. The topological polar surface area (TPSA) is 67.0 Å². The third-order valence-electron chi connectivity index (χ3n) is 3.33. The molecule has 0 aliphatic carbocycles. The quantitative estimate of drug-likeness (QED) is 0.761. The van der Waals surface area contributed by atoms with Crippen molar-refractivity contribution < 1.29 is 13.9 Å². The Morgan fingerprint density at radius 1 is 1.30 bits per heavy atom. The van der Waals surface area contributed by atoms with Crippen LogP contribution in [-0.4, -0.2) is 22.5 Å². The Labute approximate surface area is 132 Å². The van der Waals surface area contributed by atoms with Crippen LogP contribution >= 0.6 is 0 Å². The van der Waals surface area contributed by atoms with Crippen LogP contribution in [0.4, 0.5) is 4.39 Å². The molecule has 0 fully saturated rings. The number of benzene rings is 2. The SMILES string of the molecule is Cc1ccc2nc(CNC(=O)COc3ccccc3F)[nH]c2c1. The summed E-state index contributed by atoms with van der Waals surface area (Å²) in [6.07, 6.45) is 0. The molecule has 3 rings (SSSR count). The second kappa shape index (κ2) is 6.48. The third-order valence-corrected chi connectivity index (χ3v) is 3.33. The zero-order valence-corrected chi connectivity index (χ0v) is 12.6. The van der Waals surface area contributed by atoms with Gasteiger partial charge in [0.2, 0.25) is 0 Å². The maximum Gasteiger partial charge on any atom is 0.258 e. The molecule has 0 spiro atoms. The number of aromatic amines is 1. The highest BCUT2D eigenvalue weighted by Gasteiger charge is 2.08. The van der Waals surface area contributed by atoms with E-state index in [1.807, 2.05) is 25.1 Å². The number of aryl methyl sites for hydroxylation is 1. The van der Waals surface area contributed by atoms with E-state index in [1.54, 1.807) is 12.1 Å². The van der Waals surface area contributed by atoms with E-state index in [1.165, 1.54) is 12.1 Å². The maximum atomic E-state index is 13.4. The van der Waals surface area contributed by atoms with Gasteiger partial charge in [0.05, 0.1) is 17.6 Å². The zero-order chi connectivity index (χ0) is 16.2. The molecule has 0 radical (unpaired) electrons. The average Bonchev–Trinajstić information content (AvgIpc) is 2.94. The van der Waals surface area contributed by atoms with Crippen molar-refractivity contribution in [2.24, 2.45) is 0 Å². The number of hydrogen-bond donors (Lipinski definition) is 2. The first-order valence-corrected chi connectivity index (χ1v) is 7.21. The van der Waals surface area contributed by atoms with Crippen molar-refractivity contribution in [2.45, 2.75) is 13.5 Å². The van der Waals surface area contributed by atoms with Crippen molar-refractivity contribution >= 4 is 16.9 Å². The molecular weight excluding hydrogens is 297 g/mol. The predicted molar refractivity (Wildman–Crippen MR) is 84.6 cm³/mol. The Bertz CT molecular complexity index is 845. The van der Waals surface area contributed by atoms with Crippen molar-refractivity contribution in [3.05, 3.63) is 59.7 Å². The minimum Gasteiger partial charge on any atom is -0.481 e. The van der Waals surface area contributed by atoms with Gasteiger partial charge in [-0.1, -0.05) is 18.2 Å². The minimum atomic E-state index is -0.493. The molecule has 3 aromatic rings. The fourth-order valence-electron chi connectivity index (χ4n) is 2.20. The Hall–Kier alpha value is -2.89. The van der Waals surface area contributed by atoms with E-state index in [9.17, 15) is 9.18 Å². The normalized spacial score (nSPS) is 10.7. The molecule has 2 aromatic carbocycles. The first-order valence-electron chi connectivity index (χ1n) is 7.21. The van der Waals surface area contributed by atoms with Gasteiger partial charge < -0.3 is 15.0 Å². The van der Waals surface area contributed by atoms with Crippen LogP contribution in [0.5, 0.6) is 5.75 Å². The number of imidazole rings is 1. The smallest absolute Gasteiger partial charge is 0.258 e. The van der Waals surface area contributed by atoms with Crippen molar-refractivity contribution in [1.29, 1.82) is 0 Å². The molecule has 23 heavy (non-hydrogen) atoms. The van der Waals surface area contributed by atoms with Crippen molar-refractivity contribution in [3.63, 3.8) is 0 Å². The summed E-state index contributed by atoms with van der Waals surface area (Å²) in [7, 11) is 0. The van der Waals surface area contributed by atoms with E-state index in [-0.39, 0.29) is 24.8 Å². The van der Waals surface area contributed by atoms with Crippen LogP contribution in [0.15, 0.2) is 42.5 Å². The molecule has 1 amide bonds. The first kappa shape index (κ1) is 15.0. The second-order valence-corrected chi connectivity index (χ2v) is 5.20. The largest absolute Gasteiger partial charge is 0.481 e. The van der Waals surface area contributed by atoms with Gasteiger partial charge in [0.1, 0.15) is 5.82 Å². The van der Waals surface area contributed by atoms with Crippen LogP contribution in [0.2, 0.25) is 0 Å². The van der Waals surface area contributed by atoms with E-state index >= 15 is 0 Å². The Morgan fingerprint density at radius 3 is 2.96 bits per heavy atom. The lowest BCUT2D eigenvalue weighted by atomic mass is 10.2. The molecule has 0 atom stereocenters. The molecule has 0 saturated heterocycles. The van der Waals surface area contributed by atoms with Crippen LogP contribution in [-0.2, 0) is 11.3 Å². The van der Waals surface area contributed by atoms with E-state index in [4.69, 9.17) is 4.74 Å². The van der Waals surface area contributed by atoms with Gasteiger partial charge in [-0.3, -0.25) is 4.79 Å². The molecule has 6 heteroatoms. The fraction of sp³-hybridized carbons (Fsp3) is 0.176. The Balaban J connectivity index is 1.54. The lowest BCUT2D eigenvalue weighted by Gasteiger charge is -2.07. The lowest BCUT2D eigenvalue weighted by Crippen LogP contribution is -2.28. The van der Waals surface area contributed by atoms with Gasteiger partial charge in [-0.2, -0.15) is 0 Å². The summed E-state index contributed by atoms with van der Waals surface area (Å²) in [5, 5.41) is 2.68. The van der Waals surface area contributed by atoms with Gasteiger partial charge in [0, 0.05) is 0 Å². The lowest BCUT2D eigenvalue weighted by molar-refractivity contribution is -0.123. The van der Waals surface area contributed by atoms with Crippen LogP contribution in [0.25, 0.3) is 11.0 Å². The van der Waals surface area contributed by atoms with Gasteiger partial charge in [-0.25, -0.2) is 9.37 Å². The highest BCUT2D eigenvalue weighted by atomic mass is 19.1. The van der Waals surface area contributed by atoms with E-state index in [0.29, 0.717) is 5.82 Å². The molecule has 1 heterocycles. The summed E-state index contributed by atoms with van der Waals surface area (Å²) < 4.78 is 18.5. The molecule has 0 aliphatic heterocycles. The number of para-hydroxylation sites is 1. The number of H-pyrrole nitrogens is 1. The predicted octanol–water partition coefficient (Wildman–Crippen LogP) is 2.71. The number of rotatable bonds is 5. The summed E-state index contributed by atoms with van der Waals surface area (Å²) in [4.78, 5) is 19.3. The number of carbonyl (C=O) groups is 1. The number of nitrogens with zero attached hydrogens (tertiary/aromatic N) is 1. The third kappa shape index (κ3) is 3.66. The van der Waals surface area contributed by atoms with Crippen LogP contribution in [0.3, 0.4) is 0 Å². The van der Waals surface area contributed by atoms with Gasteiger partial charge in [0.15, 0.2) is 18.2 Å². The molecular formula is C17H16FN3O2. The van der Waals surface area contributed by atoms with E-state index in [2.05, 4.69) is 15.3 Å². The molecule has 2 N–H and O–H groups in total. The van der Waals surface area contributed by atoms with Crippen LogP contribution in [0.1, 0.15) is 11.4 Å².